The zero-order valence-corrected chi connectivity index (χ0v) is 10.8. The van der Waals surface area contributed by atoms with Crippen LogP contribution in [0, 0.1) is 11.8 Å². The van der Waals surface area contributed by atoms with Gasteiger partial charge < -0.3 is 10.3 Å². The lowest BCUT2D eigenvalue weighted by Gasteiger charge is -2.36. The predicted molar refractivity (Wildman–Crippen MR) is 67.1 cm³/mol. The first-order valence-electron chi connectivity index (χ1n) is 7.35. The molecule has 2 bridgehead atoms. The smallest absolute Gasteiger partial charge is 0.234 e. The summed E-state index contributed by atoms with van der Waals surface area (Å²) in [4.78, 5) is 4.72. The van der Waals surface area contributed by atoms with Crippen LogP contribution in [-0.4, -0.2) is 16.7 Å². The summed E-state index contributed by atoms with van der Waals surface area (Å²) in [6.07, 6.45) is 8.91. The minimum absolute atomic E-state index is 0.0167. The van der Waals surface area contributed by atoms with Gasteiger partial charge in [0.05, 0.1) is 5.41 Å². The van der Waals surface area contributed by atoms with Gasteiger partial charge in [-0.15, -0.1) is 0 Å². The zero-order chi connectivity index (χ0) is 12.2. The molecule has 4 heteroatoms. The molecule has 98 valence electrons. The maximum Gasteiger partial charge on any atom is 0.234 e. The van der Waals surface area contributed by atoms with E-state index in [1.165, 1.54) is 32.1 Å². The first-order chi connectivity index (χ1) is 8.81. The van der Waals surface area contributed by atoms with Gasteiger partial charge in [0.1, 0.15) is 0 Å². The molecule has 3 fully saturated rings. The molecular weight excluding hydrogens is 226 g/mol. The highest BCUT2D eigenvalue weighted by Crippen LogP contribution is 2.52. The van der Waals surface area contributed by atoms with Gasteiger partial charge in [0, 0.05) is 12.5 Å². The summed E-state index contributed by atoms with van der Waals surface area (Å²) >= 11 is 0. The van der Waals surface area contributed by atoms with Crippen molar-refractivity contribution in [3.05, 3.63) is 11.7 Å². The minimum atomic E-state index is 0.0167. The standard InChI is InChI=1S/C14H21N3O/c15-8-14(4-1-5-14)13-16-12(17-18-13)11-7-9-2-3-10(11)6-9/h9-11H,1-8,15H2. The Morgan fingerprint density at radius 3 is 2.72 bits per heavy atom. The lowest BCUT2D eigenvalue weighted by molar-refractivity contribution is 0.181. The Bertz CT molecular complexity index is 446. The highest BCUT2D eigenvalue weighted by atomic mass is 16.5. The number of hydrogen-bond acceptors (Lipinski definition) is 4. The van der Waals surface area contributed by atoms with Gasteiger partial charge >= 0.3 is 0 Å². The SMILES string of the molecule is NCC1(c2nc(C3CC4CCC3C4)no2)CCC1. The molecule has 0 aromatic carbocycles. The van der Waals surface area contributed by atoms with Crippen LogP contribution in [0.5, 0.6) is 0 Å². The fourth-order valence-electron chi connectivity index (χ4n) is 4.27. The summed E-state index contributed by atoms with van der Waals surface area (Å²) in [6, 6.07) is 0. The van der Waals surface area contributed by atoms with Crippen molar-refractivity contribution in [2.24, 2.45) is 17.6 Å². The van der Waals surface area contributed by atoms with Gasteiger partial charge in [0.15, 0.2) is 5.82 Å². The second kappa shape index (κ2) is 3.80. The molecule has 4 nitrogen and oxygen atoms in total. The van der Waals surface area contributed by atoms with Gasteiger partial charge in [-0.2, -0.15) is 4.98 Å². The van der Waals surface area contributed by atoms with E-state index in [-0.39, 0.29) is 5.41 Å². The van der Waals surface area contributed by atoms with Gasteiger partial charge in [-0.05, 0) is 43.9 Å². The molecule has 0 aliphatic heterocycles. The largest absolute Gasteiger partial charge is 0.339 e. The third-order valence-corrected chi connectivity index (χ3v) is 5.67. The van der Waals surface area contributed by atoms with E-state index in [4.69, 9.17) is 15.2 Å². The normalized spacial score (nSPS) is 36.8. The van der Waals surface area contributed by atoms with Gasteiger partial charge in [-0.3, -0.25) is 0 Å². The number of nitrogens with zero attached hydrogens (tertiary/aromatic N) is 2. The average Bonchev–Trinajstić information content (AvgIpc) is 3.03. The van der Waals surface area contributed by atoms with Crippen molar-refractivity contribution in [2.75, 3.05) is 6.54 Å². The number of aromatic nitrogens is 2. The van der Waals surface area contributed by atoms with Crippen LogP contribution < -0.4 is 5.73 Å². The highest BCUT2D eigenvalue weighted by Gasteiger charge is 2.45. The first-order valence-corrected chi connectivity index (χ1v) is 7.35. The van der Waals surface area contributed by atoms with Crippen LogP contribution in [0.3, 0.4) is 0 Å². The summed E-state index contributed by atoms with van der Waals surface area (Å²) in [7, 11) is 0. The molecule has 3 aliphatic rings. The predicted octanol–water partition coefficient (Wildman–Crippen LogP) is 2.35. The quantitative estimate of drug-likeness (QED) is 0.890. The second-order valence-electron chi connectivity index (χ2n) is 6.58. The molecule has 18 heavy (non-hydrogen) atoms. The van der Waals surface area contributed by atoms with Crippen molar-refractivity contribution in [1.29, 1.82) is 0 Å². The van der Waals surface area contributed by atoms with Gasteiger partial charge in [-0.1, -0.05) is 18.0 Å². The third kappa shape index (κ3) is 1.41. The molecule has 3 aliphatic carbocycles. The molecule has 0 spiro atoms. The van der Waals surface area contributed by atoms with Crippen LogP contribution >= 0.6 is 0 Å². The molecule has 1 aromatic rings. The average molecular weight is 247 g/mol. The van der Waals surface area contributed by atoms with Crippen LogP contribution in [0.2, 0.25) is 0 Å². The summed E-state index contributed by atoms with van der Waals surface area (Å²) < 4.78 is 5.54. The van der Waals surface area contributed by atoms with E-state index >= 15 is 0 Å². The Labute approximate surface area is 107 Å². The van der Waals surface area contributed by atoms with E-state index in [0.717, 1.165) is 36.4 Å². The Morgan fingerprint density at radius 1 is 1.28 bits per heavy atom. The van der Waals surface area contributed by atoms with Crippen molar-refractivity contribution in [1.82, 2.24) is 10.1 Å². The number of hydrogen-bond donors (Lipinski definition) is 1. The molecular formula is C14H21N3O. The molecule has 3 atom stereocenters. The van der Waals surface area contributed by atoms with Crippen LogP contribution in [0.25, 0.3) is 0 Å². The van der Waals surface area contributed by atoms with Crippen LogP contribution in [0.4, 0.5) is 0 Å². The third-order valence-electron chi connectivity index (χ3n) is 5.67. The second-order valence-corrected chi connectivity index (χ2v) is 6.58. The fourth-order valence-corrected chi connectivity index (χ4v) is 4.27. The van der Waals surface area contributed by atoms with Crippen molar-refractivity contribution in [2.45, 2.75) is 56.3 Å². The Balaban J connectivity index is 1.59. The van der Waals surface area contributed by atoms with Gasteiger partial charge in [0.2, 0.25) is 5.89 Å². The molecule has 1 aromatic heterocycles. The molecule has 3 unspecified atom stereocenters. The maximum atomic E-state index is 5.90. The lowest BCUT2D eigenvalue weighted by Crippen LogP contribution is -2.41. The van der Waals surface area contributed by atoms with Crippen LogP contribution in [0.15, 0.2) is 4.52 Å². The van der Waals surface area contributed by atoms with E-state index in [9.17, 15) is 0 Å². The summed E-state index contributed by atoms with van der Waals surface area (Å²) in [6.45, 7) is 0.644. The van der Waals surface area contributed by atoms with E-state index in [1.807, 2.05) is 0 Å². The van der Waals surface area contributed by atoms with Gasteiger partial charge in [-0.25, -0.2) is 0 Å². The van der Waals surface area contributed by atoms with E-state index < -0.39 is 0 Å². The zero-order valence-electron chi connectivity index (χ0n) is 10.8. The van der Waals surface area contributed by atoms with Crippen LogP contribution in [-0.2, 0) is 5.41 Å². The van der Waals surface area contributed by atoms with Crippen molar-refractivity contribution >= 4 is 0 Å². The van der Waals surface area contributed by atoms with Crippen LogP contribution in [0.1, 0.15) is 62.6 Å². The van der Waals surface area contributed by atoms with E-state index in [1.54, 1.807) is 0 Å². The molecule has 1 heterocycles. The minimum Gasteiger partial charge on any atom is -0.339 e. The monoisotopic (exact) mass is 247 g/mol. The molecule has 2 N–H and O–H groups in total. The molecule has 4 rings (SSSR count). The van der Waals surface area contributed by atoms with Crippen molar-refractivity contribution in [3.63, 3.8) is 0 Å². The first kappa shape index (κ1) is 11.0. The lowest BCUT2D eigenvalue weighted by atomic mass is 9.68. The Hall–Kier alpha value is -0.900. The Morgan fingerprint density at radius 2 is 2.17 bits per heavy atom. The van der Waals surface area contributed by atoms with Crippen molar-refractivity contribution < 1.29 is 4.52 Å². The number of fused-ring (bicyclic) bond motifs is 2. The van der Waals surface area contributed by atoms with E-state index in [2.05, 4.69) is 5.16 Å². The van der Waals surface area contributed by atoms with Gasteiger partial charge in [0.25, 0.3) is 0 Å². The summed E-state index contributed by atoms with van der Waals surface area (Å²) in [5.41, 5.74) is 5.91. The fraction of sp³-hybridized carbons (Fsp3) is 0.857. The highest BCUT2D eigenvalue weighted by molar-refractivity contribution is 5.14. The molecule has 0 amide bonds. The summed E-state index contributed by atoms with van der Waals surface area (Å²) in [5, 5.41) is 4.27. The molecule has 0 radical (unpaired) electrons. The number of nitrogens with two attached hydrogens (primary N) is 1. The topological polar surface area (TPSA) is 64.9 Å². The summed E-state index contributed by atoms with van der Waals surface area (Å²) in [5.74, 6) is 4.09. The van der Waals surface area contributed by atoms with Crippen molar-refractivity contribution in [3.8, 4) is 0 Å². The molecule has 0 saturated heterocycles. The number of rotatable bonds is 3. The maximum absolute atomic E-state index is 5.90. The van der Waals surface area contributed by atoms with E-state index in [0.29, 0.717) is 12.5 Å². The molecule has 3 saturated carbocycles. The Kier molecular flexibility index (Phi) is 2.31.